The Bertz CT molecular complexity index is 581. The molecule has 0 spiro atoms. The van der Waals surface area contributed by atoms with Gasteiger partial charge in [0.15, 0.2) is 0 Å². The molecular formula is C17H22ClN3O. The Balaban J connectivity index is 1.67. The van der Waals surface area contributed by atoms with E-state index in [-0.39, 0.29) is 12.1 Å². The van der Waals surface area contributed by atoms with E-state index in [0.717, 1.165) is 31.0 Å². The van der Waals surface area contributed by atoms with Crippen molar-refractivity contribution in [3.05, 3.63) is 53.2 Å². The number of nitrogens with zero attached hydrogens (tertiary/aromatic N) is 2. The van der Waals surface area contributed by atoms with E-state index < -0.39 is 0 Å². The zero-order valence-corrected chi connectivity index (χ0v) is 13.6. The van der Waals surface area contributed by atoms with Crippen LogP contribution in [0.4, 0.5) is 0 Å². The molecule has 2 aromatic heterocycles. The molecule has 0 radical (unpaired) electrons. The van der Waals surface area contributed by atoms with E-state index in [9.17, 15) is 0 Å². The lowest BCUT2D eigenvalue weighted by atomic mass is 10.1. The molecule has 1 saturated heterocycles. The molecule has 0 saturated carbocycles. The smallest absolute Gasteiger partial charge is 0.122 e. The van der Waals surface area contributed by atoms with Crippen LogP contribution in [0.15, 0.2) is 41.3 Å². The summed E-state index contributed by atoms with van der Waals surface area (Å²) in [4.78, 5) is 6.54. The summed E-state index contributed by atoms with van der Waals surface area (Å²) in [5.41, 5.74) is 1.08. The lowest BCUT2D eigenvalue weighted by molar-refractivity contribution is 0.205. The second kappa shape index (κ2) is 7.27. The third-order valence-electron chi connectivity index (χ3n) is 4.34. The molecule has 0 aliphatic carbocycles. The molecule has 1 aliphatic rings. The van der Waals surface area contributed by atoms with Gasteiger partial charge in [0.05, 0.1) is 17.3 Å². The van der Waals surface area contributed by atoms with Gasteiger partial charge < -0.3 is 9.73 Å². The van der Waals surface area contributed by atoms with Gasteiger partial charge in [-0.3, -0.25) is 9.88 Å². The SMILES string of the molecule is CC(NCC(c1ccco1)N1CCCC1)c1ccncc1Cl. The van der Waals surface area contributed by atoms with Crippen molar-refractivity contribution in [2.45, 2.75) is 31.8 Å². The van der Waals surface area contributed by atoms with E-state index in [0.29, 0.717) is 5.02 Å². The average molecular weight is 320 g/mol. The van der Waals surface area contributed by atoms with E-state index in [1.54, 1.807) is 18.7 Å². The van der Waals surface area contributed by atoms with Crippen LogP contribution in [0.25, 0.3) is 0 Å². The molecule has 118 valence electrons. The van der Waals surface area contributed by atoms with Gasteiger partial charge >= 0.3 is 0 Å². The van der Waals surface area contributed by atoms with Crippen LogP contribution in [0.5, 0.6) is 0 Å². The minimum Gasteiger partial charge on any atom is -0.468 e. The lowest BCUT2D eigenvalue weighted by Crippen LogP contribution is -2.35. The number of hydrogen-bond acceptors (Lipinski definition) is 4. The molecule has 0 amide bonds. The van der Waals surface area contributed by atoms with E-state index in [1.165, 1.54) is 12.8 Å². The lowest BCUT2D eigenvalue weighted by Gasteiger charge is -2.27. The van der Waals surface area contributed by atoms with Crippen molar-refractivity contribution in [3.8, 4) is 0 Å². The number of nitrogens with one attached hydrogen (secondary N) is 1. The number of likely N-dealkylation sites (tertiary alicyclic amines) is 1. The highest BCUT2D eigenvalue weighted by atomic mass is 35.5. The Labute approximate surface area is 136 Å². The minimum atomic E-state index is 0.176. The van der Waals surface area contributed by atoms with Gasteiger partial charge in [-0.2, -0.15) is 0 Å². The van der Waals surface area contributed by atoms with Crippen molar-refractivity contribution in [2.24, 2.45) is 0 Å². The monoisotopic (exact) mass is 319 g/mol. The molecule has 2 aromatic rings. The molecule has 2 unspecified atom stereocenters. The standard InChI is InChI=1S/C17H22ClN3O/c1-13(14-6-7-19-11-15(14)18)20-12-16(17-5-4-10-22-17)21-8-2-3-9-21/h4-7,10-11,13,16,20H,2-3,8-9,12H2,1H3. The molecule has 0 aromatic carbocycles. The van der Waals surface area contributed by atoms with Crippen LogP contribution in [0.3, 0.4) is 0 Å². The third-order valence-corrected chi connectivity index (χ3v) is 4.66. The molecule has 2 atom stereocenters. The first-order valence-corrected chi connectivity index (χ1v) is 8.24. The first-order valence-electron chi connectivity index (χ1n) is 7.86. The minimum absolute atomic E-state index is 0.176. The molecule has 22 heavy (non-hydrogen) atoms. The quantitative estimate of drug-likeness (QED) is 0.879. The number of halogens is 1. The van der Waals surface area contributed by atoms with Crippen LogP contribution in [-0.2, 0) is 0 Å². The van der Waals surface area contributed by atoms with Crippen molar-refractivity contribution < 1.29 is 4.42 Å². The fourth-order valence-corrected chi connectivity index (χ4v) is 3.36. The number of hydrogen-bond donors (Lipinski definition) is 1. The van der Waals surface area contributed by atoms with Crippen LogP contribution < -0.4 is 5.32 Å². The maximum Gasteiger partial charge on any atom is 0.122 e. The topological polar surface area (TPSA) is 41.3 Å². The Morgan fingerprint density at radius 2 is 2.18 bits per heavy atom. The van der Waals surface area contributed by atoms with E-state index >= 15 is 0 Å². The van der Waals surface area contributed by atoms with Gasteiger partial charge in [-0.1, -0.05) is 11.6 Å². The highest BCUT2D eigenvalue weighted by molar-refractivity contribution is 6.31. The second-order valence-electron chi connectivity index (χ2n) is 5.80. The van der Waals surface area contributed by atoms with E-state index in [1.807, 2.05) is 12.1 Å². The summed E-state index contributed by atoms with van der Waals surface area (Å²) < 4.78 is 5.65. The fraction of sp³-hybridized carbons (Fsp3) is 0.471. The van der Waals surface area contributed by atoms with Gasteiger partial charge in [-0.15, -0.1) is 0 Å². The van der Waals surface area contributed by atoms with Crippen LogP contribution in [0, 0.1) is 0 Å². The van der Waals surface area contributed by atoms with Gasteiger partial charge in [0.1, 0.15) is 5.76 Å². The largest absolute Gasteiger partial charge is 0.468 e. The van der Waals surface area contributed by atoms with Crippen LogP contribution in [0.1, 0.15) is 43.2 Å². The van der Waals surface area contributed by atoms with Crippen molar-refractivity contribution in [3.63, 3.8) is 0 Å². The summed E-state index contributed by atoms with van der Waals surface area (Å²) in [5.74, 6) is 1.03. The summed E-state index contributed by atoms with van der Waals surface area (Å²) in [6.45, 7) is 5.24. The molecule has 1 fully saturated rings. The number of rotatable bonds is 6. The normalized spacial score (nSPS) is 18.5. The summed E-state index contributed by atoms with van der Waals surface area (Å²) in [5, 5.41) is 4.30. The van der Waals surface area contributed by atoms with E-state index in [4.69, 9.17) is 16.0 Å². The first kappa shape index (κ1) is 15.5. The van der Waals surface area contributed by atoms with Gasteiger partial charge in [0.2, 0.25) is 0 Å². The molecule has 0 bridgehead atoms. The predicted octanol–water partition coefficient (Wildman–Crippen LogP) is 3.82. The van der Waals surface area contributed by atoms with Gasteiger partial charge in [0, 0.05) is 25.0 Å². The third kappa shape index (κ3) is 3.51. The maximum absolute atomic E-state index is 6.23. The van der Waals surface area contributed by atoms with Crippen molar-refractivity contribution >= 4 is 11.6 Å². The zero-order chi connectivity index (χ0) is 15.4. The summed E-state index contributed by atoms with van der Waals surface area (Å²) in [6, 6.07) is 6.45. The Hall–Kier alpha value is -1.36. The number of furan rings is 1. The van der Waals surface area contributed by atoms with Crippen LogP contribution >= 0.6 is 11.6 Å². The maximum atomic E-state index is 6.23. The van der Waals surface area contributed by atoms with Gasteiger partial charge in [-0.25, -0.2) is 0 Å². The highest BCUT2D eigenvalue weighted by Gasteiger charge is 2.26. The highest BCUT2D eigenvalue weighted by Crippen LogP contribution is 2.27. The second-order valence-corrected chi connectivity index (χ2v) is 6.21. The Morgan fingerprint density at radius 1 is 1.36 bits per heavy atom. The fourth-order valence-electron chi connectivity index (χ4n) is 3.08. The molecule has 1 N–H and O–H groups in total. The van der Waals surface area contributed by atoms with Crippen LogP contribution in [-0.4, -0.2) is 29.5 Å². The molecule has 4 nitrogen and oxygen atoms in total. The number of aromatic nitrogens is 1. The zero-order valence-electron chi connectivity index (χ0n) is 12.8. The molecular weight excluding hydrogens is 298 g/mol. The summed E-state index contributed by atoms with van der Waals surface area (Å²) in [7, 11) is 0. The molecule has 3 rings (SSSR count). The molecule has 1 aliphatic heterocycles. The van der Waals surface area contributed by atoms with E-state index in [2.05, 4.69) is 28.2 Å². The first-order chi connectivity index (χ1) is 10.8. The van der Waals surface area contributed by atoms with Crippen molar-refractivity contribution in [1.29, 1.82) is 0 Å². The molecule has 3 heterocycles. The average Bonchev–Trinajstić information content (AvgIpc) is 3.21. The van der Waals surface area contributed by atoms with Gasteiger partial charge in [0.25, 0.3) is 0 Å². The Morgan fingerprint density at radius 3 is 2.86 bits per heavy atom. The van der Waals surface area contributed by atoms with Crippen LogP contribution in [0.2, 0.25) is 5.02 Å². The van der Waals surface area contributed by atoms with Gasteiger partial charge in [-0.05, 0) is 56.6 Å². The van der Waals surface area contributed by atoms with Crippen molar-refractivity contribution in [2.75, 3.05) is 19.6 Å². The summed E-state index contributed by atoms with van der Waals surface area (Å²) >= 11 is 6.23. The van der Waals surface area contributed by atoms with Crippen molar-refractivity contribution in [1.82, 2.24) is 15.2 Å². The summed E-state index contributed by atoms with van der Waals surface area (Å²) in [6.07, 6.45) is 7.76. The number of pyridine rings is 1. The predicted molar refractivity (Wildman–Crippen MR) is 87.9 cm³/mol. The Kier molecular flexibility index (Phi) is 5.13. The molecule has 5 heteroatoms.